The highest BCUT2D eigenvalue weighted by Gasteiger charge is 2.38. The fourth-order valence-corrected chi connectivity index (χ4v) is 6.48. The van der Waals surface area contributed by atoms with Gasteiger partial charge in [-0.3, -0.25) is 19.7 Å². The average molecular weight is 677 g/mol. The molecule has 14 heteroatoms. The molecule has 47 heavy (non-hydrogen) atoms. The number of hydrogen-bond acceptors (Lipinski definition) is 7. The summed E-state index contributed by atoms with van der Waals surface area (Å²) in [5, 5.41) is 5.82. The van der Waals surface area contributed by atoms with E-state index in [1.165, 1.54) is 4.90 Å². The van der Waals surface area contributed by atoms with Crippen LogP contribution in [-0.2, 0) is 35.6 Å². The lowest BCUT2D eigenvalue weighted by atomic mass is 9.96. The third-order valence-corrected chi connectivity index (χ3v) is 8.82. The van der Waals surface area contributed by atoms with Crippen LogP contribution in [0.1, 0.15) is 84.6 Å². The van der Waals surface area contributed by atoms with E-state index in [2.05, 4.69) is 27.3 Å². The van der Waals surface area contributed by atoms with Crippen molar-refractivity contribution in [3.8, 4) is 0 Å². The van der Waals surface area contributed by atoms with E-state index < -0.39 is 39.7 Å². The van der Waals surface area contributed by atoms with E-state index >= 15 is 0 Å². The van der Waals surface area contributed by atoms with Crippen LogP contribution in [0, 0.1) is 5.92 Å². The lowest BCUT2D eigenvalue weighted by molar-refractivity contribution is -0.139. The van der Waals surface area contributed by atoms with Gasteiger partial charge < -0.3 is 19.9 Å². The average Bonchev–Trinajstić information content (AvgIpc) is 3.48. The molecule has 13 nitrogen and oxygen atoms in total. The van der Waals surface area contributed by atoms with Crippen LogP contribution in [0.2, 0.25) is 0 Å². The van der Waals surface area contributed by atoms with Gasteiger partial charge in [-0.2, -0.15) is 0 Å². The van der Waals surface area contributed by atoms with Gasteiger partial charge in [0.05, 0.1) is 6.26 Å². The Kier molecular flexibility index (Phi) is 14.2. The van der Waals surface area contributed by atoms with Crippen LogP contribution in [0.15, 0.2) is 35.3 Å². The minimum atomic E-state index is -3.68. The summed E-state index contributed by atoms with van der Waals surface area (Å²) in [6, 6.07) is 7.46. The molecule has 0 unspecified atom stereocenters. The first-order valence-corrected chi connectivity index (χ1v) is 18.5. The van der Waals surface area contributed by atoms with E-state index in [0.29, 0.717) is 58.3 Å². The van der Waals surface area contributed by atoms with E-state index in [9.17, 15) is 27.6 Å². The second-order valence-electron chi connectivity index (χ2n) is 13.4. The van der Waals surface area contributed by atoms with Crippen LogP contribution in [0.5, 0.6) is 0 Å². The molecule has 0 aromatic heterocycles. The molecule has 0 spiro atoms. The van der Waals surface area contributed by atoms with Gasteiger partial charge >= 0.3 is 6.09 Å². The summed E-state index contributed by atoms with van der Waals surface area (Å²) in [6.07, 6.45) is 5.93. The third-order valence-electron chi connectivity index (χ3n) is 8.10. The van der Waals surface area contributed by atoms with Gasteiger partial charge in [-0.15, -0.1) is 4.99 Å². The van der Waals surface area contributed by atoms with Crippen LogP contribution in [-0.4, -0.2) is 98.1 Å². The van der Waals surface area contributed by atoms with Crippen molar-refractivity contribution >= 4 is 39.8 Å². The number of nitrogens with one attached hydrogen (secondary N) is 3. The van der Waals surface area contributed by atoms with Gasteiger partial charge in [-0.25, -0.2) is 17.9 Å². The van der Waals surface area contributed by atoms with Crippen LogP contribution < -0.4 is 15.4 Å². The summed E-state index contributed by atoms with van der Waals surface area (Å²) in [5.74, 6) is -0.567. The summed E-state index contributed by atoms with van der Waals surface area (Å²) >= 11 is 0. The zero-order valence-electron chi connectivity index (χ0n) is 28.4. The molecule has 0 aliphatic carbocycles. The SMILES string of the molecule is CCCCCC(=O)NC(=NC(=O)OC(C)(C)C)N1CCC(CNC(=O)[C@@H]2CCCN2C(=O)[C@@H](Cc2ccccc2)NS(C)(=O)=O)CC1. The van der Waals surface area contributed by atoms with Crippen molar-refractivity contribution in [3.63, 3.8) is 0 Å². The molecule has 2 aliphatic rings. The van der Waals surface area contributed by atoms with Crippen molar-refractivity contribution in [2.24, 2.45) is 10.9 Å². The number of rotatable bonds is 12. The van der Waals surface area contributed by atoms with Crippen LogP contribution >= 0.6 is 0 Å². The Balaban J connectivity index is 1.58. The second kappa shape index (κ2) is 17.6. The van der Waals surface area contributed by atoms with Gasteiger partial charge in [0.25, 0.3) is 0 Å². The number of guanidine groups is 1. The number of sulfonamides is 1. The quantitative estimate of drug-likeness (QED) is 0.173. The number of nitrogens with zero attached hydrogens (tertiary/aromatic N) is 3. The predicted molar refractivity (Wildman–Crippen MR) is 180 cm³/mol. The number of piperidine rings is 1. The fraction of sp³-hybridized carbons (Fsp3) is 0.667. The first kappa shape index (κ1) is 37.9. The molecular formula is C33H52N6O7S. The summed E-state index contributed by atoms with van der Waals surface area (Å²) < 4.78 is 32.0. The van der Waals surface area contributed by atoms with Crippen LogP contribution in [0.3, 0.4) is 0 Å². The summed E-state index contributed by atoms with van der Waals surface area (Å²) in [5.41, 5.74) is 0.0815. The van der Waals surface area contributed by atoms with E-state index in [1.807, 2.05) is 35.2 Å². The number of aliphatic imine (C=N–C) groups is 1. The van der Waals surface area contributed by atoms with Gasteiger partial charge in [-0.05, 0) is 70.8 Å². The highest BCUT2D eigenvalue weighted by molar-refractivity contribution is 7.88. The normalized spacial score (nSPS) is 18.5. The second-order valence-corrected chi connectivity index (χ2v) is 15.2. The molecule has 3 rings (SSSR count). The minimum Gasteiger partial charge on any atom is -0.442 e. The van der Waals surface area contributed by atoms with Gasteiger partial charge in [0.15, 0.2) is 0 Å². The number of benzene rings is 1. The van der Waals surface area contributed by atoms with Crippen molar-refractivity contribution in [2.75, 3.05) is 32.4 Å². The molecule has 0 saturated carbocycles. The Hall–Kier alpha value is -3.52. The van der Waals surface area contributed by atoms with E-state index in [1.54, 1.807) is 20.8 Å². The number of ether oxygens (including phenoxy) is 1. The van der Waals surface area contributed by atoms with Crippen molar-refractivity contribution in [3.05, 3.63) is 35.9 Å². The van der Waals surface area contributed by atoms with Gasteiger partial charge in [-0.1, -0.05) is 50.1 Å². The highest BCUT2D eigenvalue weighted by atomic mass is 32.2. The van der Waals surface area contributed by atoms with Crippen molar-refractivity contribution in [2.45, 2.75) is 103 Å². The Morgan fingerprint density at radius 2 is 1.70 bits per heavy atom. The van der Waals surface area contributed by atoms with E-state index in [-0.39, 0.29) is 30.1 Å². The molecule has 1 aromatic rings. The molecule has 4 amide bonds. The molecule has 1 aromatic carbocycles. The zero-order chi connectivity index (χ0) is 34.6. The smallest absolute Gasteiger partial charge is 0.437 e. The number of carbonyl (C=O) groups is 4. The van der Waals surface area contributed by atoms with Crippen molar-refractivity contribution < 1.29 is 32.3 Å². The maximum absolute atomic E-state index is 13.6. The lowest BCUT2D eigenvalue weighted by Gasteiger charge is -2.34. The molecule has 0 bridgehead atoms. The number of likely N-dealkylation sites (tertiary alicyclic amines) is 2. The summed E-state index contributed by atoms with van der Waals surface area (Å²) in [4.78, 5) is 59.5. The Labute approximate surface area is 279 Å². The molecule has 2 fully saturated rings. The first-order chi connectivity index (χ1) is 22.1. The monoisotopic (exact) mass is 676 g/mol. The molecule has 2 aliphatic heterocycles. The maximum atomic E-state index is 13.6. The Morgan fingerprint density at radius 1 is 1.02 bits per heavy atom. The lowest BCUT2D eigenvalue weighted by Crippen LogP contribution is -2.54. The molecule has 3 N–H and O–H groups in total. The van der Waals surface area contributed by atoms with Crippen molar-refractivity contribution in [1.29, 1.82) is 0 Å². The number of unbranched alkanes of at least 4 members (excludes halogenated alkanes) is 2. The number of amides is 4. The van der Waals surface area contributed by atoms with E-state index in [4.69, 9.17) is 4.74 Å². The number of carbonyl (C=O) groups excluding carboxylic acids is 4. The Morgan fingerprint density at radius 3 is 2.32 bits per heavy atom. The largest absolute Gasteiger partial charge is 0.442 e. The van der Waals surface area contributed by atoms with Crippen LogP contribution in [0.25, 0.3) is 0 Å². The van der Waals surface area contributed by atoms with Crippen molar-refractivity contribution in [1.82, 2.24) is 25.2 Å². The molecule has 2 heterocycles. The fourth-order valence-electron chi connectivity index (χ4n) is 5.77. The van der Waals surface area contributed by atoms with Gasteiger partial charge in [0.1, 0.15) is 17.7 Å². The zero-order valence-corrected chi connectivity index (χ0v) is 29.2. The molecule has 2 saturated heterocycles. The molecule has 0 radical (unpaired) electrons. The number of hydrogen-bond donors (Lipinski definition) is 3. The summed E-state index contributed by atoms with van der Waals surface area (Å²) in [7, 11) is -3.68. The predicted octanol–water partition coefficient (Wildman–Crippen LogP) is 2.95. The van der Waals surface area contributed by atoms with E-state index in [0.717, 1.165) is 31.1 Å². The standard InChI is InChI=1S/C33H52N6O7S/c1-6-7-9-16-28(40)35-31(36-32(43)46-33(2,3)4)38-20-17-25(18-21-38)23-34-29(41)27-15-12-19-39(27)30(42)26(37-47(5,44)45)22-24-13-10-8-11-14-24/h8,10-11,13-14,25-27,37H,6-7,9,12,15-23H2,1-5H3,(H,34,41)(H,35,36,40,43)/t26-,27+/m1/s1. The molecule has 2 atom stereocenters. The molecular weight excluding hydrogens is 624 g/mol. The first-order valence-electron chi connectivity index (χ1n) is 16.6. The Bertz CT molecular complexity index is 1350. The topological polar surface area (TPSA) is 167 Å². The van der Waals surface area contributed by atoms with Gasteiger partial charge in [0.2, 0.25) is 33.7 Å². The highest BCUT2D eigenvalue weighted by Crippen LogP contribution is 2.22. The van der Waals surface area contributed by atoms with Gasteiger partial charge in [0, 0.05) is 32.6 Å². The molecule has 262 valence electrons. The minimum absolute atomic E-state index is 0.140. The maximum Gasteiger partial charge on any atom is 0.437 e. The summed E-state index contributed by atoms with van der Waals surface area (Å²) in [6.45, 7) is 9.12. The third kappa shape index (κ3) is 13.3. The van der Waals surface area contributed by atoms with Crippen LogP contribution in [0.4, 0.5) is 4.79 Å².